The van der Waals surface area contributed by atoms with Gasteiger partial charge in [0.05, 0.1) is 10.5 Å². The summed E-state index contributed by atoms with van der Waals surface area (Å²) in [6.45, 7) is 0. The molecule has 1 amide bonds. The number of amides is 1. The number of rotatable bonds is 2. The van der Waals surface area contributed by atoms with Gasteiger partial charge in [-0.15, -0.1) is 0 Å². The average Bonchev–Trinajstić information content (AvgIpc) is 2.84. The molecule has 3 N–H and O–H groups in total. The molecule has 0 fully saturated rings. The minimum Gasteiger partial charge on any atom is -0.366 e. The molecule has 0 aliphatic heterocycles. The number of carbonyl (C=O) groups excluding carboxylic acids is 1. The molecule has 0 spiro atoms. The quantitative estimate of drug-likeness (QED) is 0.752. The van der Waals surface area contributed by atoms with Crippen LogP contribution in [0.25, 0.3) is 22.2 Å². The van der Waals surface area contributed by atoms with E-state index in [0.29, 0.717) is 16.3 Å². The maximum Gasteiger partial charge on any atom is 0.248 e. The molecule has 0 aliphatic rings. The number of nitrogens with zero attached hydrogens (tertiary/aromatic N) is 1. The largest absolute Gasteiger partial charge is 0.366 e. The third-order valence-corrected chi connectivity index (χ3v) is 3.27. The van der Waals surface area contributed by atoms with Gasteiger partial charge in [-0.05, 0) is 24.3 Å². The Kier molecular flexibility index (Phi) is 2.72. The average molecular weight is 272 g/mol. The molecule has 19 heavy (non-hydrogen) atoms. The van der Waals surface area contributed by atoms with Crippen LogP contribution in [0.1, 0.15) is 10.4 Å². The SMILES string of the molecule is NC(=O)c1cccc(-c2n[nH]c3cccc(Cl)c23)c1. The number of hydrogen-bond acceptors (Lipinski definition) is 2. The number of benzene rings is 2. The third kappa shape index (κ3) is 1.96. The molecule has 1 heterocycles. The number of fused-ring (bicyclic) bond motifs is 1. The zero-order valence-corrected chi connectivity index (χ0v) is 10.6. The highest BCUT2D eigenvalue weighted by molar-refractivity contribution is 6.36. The van der Waals surface area contributed by atoms with Crippen molar-refractivity contribution in [2.24, 2.45) is 5.73 Å². The Hall–Kier alpha value is -2.33. The minimum atomic E-state index is -0.465. The Balaban J connectivity index is 2.25. The Morgan fingerprint density at radius 1 is 1.21 bits per heavy atom. The molecule has 0 unspecified atom stereocenters. The van der Waals surface area contributed by atoms with Crippen molar-refractivity contribution in [1.82, 2.24) is 10.2 Å². The molecule has 0 bridgehead atoms. The van der Waals surface area contributed by atoms with Crippen molar-refractivity contribution in [3.63, 3.8) is 0 Å². The number of primary amides is 1. The molecule has 0 saturated heterocycles. The summed E-state index contributed by atoms with van der Waals surface area (Å²) in [6, 6.07) is 12.6. The fraction of sp³-hybridized carbons (Fsp3) is 0. The van der Waals surface area contributed by atoms with Crippen LogP contribution in [0.3, 0.4) is 0 Å². The fourth-order valence-corrected chi connectivity index (χ4v) is 2.32. The first kappa shape index (κ1) is 11.7. The van der Waals surface area contributed by atoms with Crippen molar-refractivity contribution in [2.45, 2.75) is 0 Å². The van der Waals surface area contributed by atoms with Crippen LogP contribution in [0.2, 0.25) is 5.02 Å². The van der Waals surface area contributed by atoms with Crippen LogP contribution >= 0.6 is 11.6 Å². The highest BCUT2D eigenvalue weighted by Crippen LogP contribution is 2.31. The van der Waals surface area contributed by atoms with Crippen LogP contribution in [0.15, 0.2) is 42.5 Å². The highest BCUT2D eigenvalue weighted by atomic mass is 35.5. The maximum atomic E-state index is 11.2. The Morgan fingerprint density at radius 3 is 2.79 bits per heavy atom. The molecule has 3 aromatic rings. The van der Waals surface area contributed by atoms with E-state index in [4.69, 9.17) is 17.3 Å². The van der Waals surface area contributed by atoms with E-state index in [9.17, 15) is 4.79 Å². The maximum absolute atomic E-state index is 11.2. The summed E-state index contributed by atoms with van der Waals surface area (Å²) in [6.07, 6.45) is 0. The third-order valence-electron chi connectivity index (χ3n) is 2.96. The molecule has 0 aliphatic carbocycles. The number of aromatic nitrogens is 2. The lowest BCUT2D eigenvalue weighted by Crippen LogP contribution is -2.10. The van der Waals surface area contributed by atoms with E-state index in [1.54, 1.807) is 24.3 Å². The van der Waals surface area contributed by atoms with Crippen molar-refractivity contribution in [2.75, 3.05) is 0 Å². The van der Waals surface area contributed by atoms with Crippen LogP contribution in [0.4, 0.5) is 0 Å². The van der Waals surface area contributed by atoms with E-state index < -0.39 is 5.91 Å². The van der Waals surface area contributed by atoms with Gasteiger partial charge in [0.1, 0.15) is 5.69 Å². The molecule has 4 nitrogen and oxygen atoms in total. The molecule has 3 rings (SSSR count). The summed E-state index contributed by atoms with van der Waals surface area (Å²) in [5, 5.41) is 8.65. The zero-order valence-electron chi connectivity index (χ0n) is 9.85. The first-order valence-corrected chi connectivity index (χ1v) is 6.07. The van der Waals surface area contributed by atoms with E-state index in [-0.39, 0.29) is 0 Å². The van der Waals surface area contributed by atoms with Crippen molar-refractivity contribution in [3.05, 3.63) is 53.1 Å². The van der Waals surface area contributed by atoms with Gasteiger partial charge in [0.15, 0.2) is 0 Å². The van der Waals surface area contributed by atoms with Crippen LogP contribution in [-0.4, -0.2) is 16.1 Å². The number of aromatic amines is 1. The van der Waals surface area contributed by atoms with Crippen molar-refractivity contribution >= 4 is 28.4 Å². The van der Waals surface area contributed by atoms with Crippen LogP contribution in [-0.2, 0) is 0 Å². The van der Waals surface area contributed by atoms with Gasteiger partial charge in [-0.2, -0.15) is 5.10 Å². The Bertz CT molecular complexity index is 779. The first-order chi connectivity index (χ1) is 9.16. The van der Waals surface area contributed by atoms with Gasteiger partial charge in [0.2, 0.25) is 5.91 Å². The number of hydrogen-bond donors (Lipinski definition) is 2. The second kappa shape index (κ2) is 4.40. The zero-order chi connectivity index (χ0) is 13.4. The highest BCUT2D eigenvalue weighted by Gasteiger charge is 2.12. The van der Waals surface area contributed by atoms with Gasteiger partial charge >= 0.3 is 0 Å². The Morgan fingerprint density at radius 2 is 2.00 bits per heavy atom. The second-order valence-corrected chi connectivity index (χ2v) is 4.59. The molecular formula is C14H10ClN3O. The predicted octanol–water partition coefficient (Wildman–Crippen LogP) is 2.98. The van der Waals surface area contributed by atoms with E-state index >= 15 is 0 Å². The summed E-state index contributed by atoms with van der Waals surface area (Å²) in [7, 11) is 0. The molecule has 5 heteroatoms. The number of H-pyrrole nitrogens is 1. The number of carbonyl (C=O) groups is 1. The number of nitrogens with two attached hydrogens (primary N) is 1. The first-order valence-electron chi connectivity index (χ1n) is 5.69. The van der Waals surface area contributed by atoms with Gasteiger partial charge in [-0.25, -0.2) is 0 Å². The normalized spacial score (nSPS) is 10.8. The summed E-state index contributed by atoms with van der Waals surface area (Å²) in [5.74, 6) is -0.465. The molecule has 1 aromatic heterocycles. The lowest BCUT2D eigenvalue weighted by atomic mass is 10.0. The van der Waals surface area contributed by atoms with Gasteiger partial charge in [-0.1, -0.05) is 29.8 Å². The number of halogens is 1. The summed E-state index contributed by atoms with van der Waals surface area (Å²) in [5.41, 5.74) is 8.10. The van der Waals surface area contributed by atoms with Crippen LogP contribution in [0.5, 0.6) is 0 Å². The molecule has 0 radical (unpaired) electrons. The monoisotopic (exact) mass is 271 g/mol. The lowest BCUT2D eigenvalue weighted by Gasteiger charge is -2.01. The van der Waals surface area contributed by atoms with E-state index in [0.717, 1.165) is 16.5 Å². The standard InChI is InChI=1S/C14H10ClN3O/c15-10-5-2-6-11-12(10)13(18-17-11)8-3-1-4-9(7-8)14(16)19/h1-7H,(H2,16,19)(H,17,18). The van der Waals surface area contributed by atoms with Gasteiger partial charge < -0.3 is 5.73 Å². The van der Waals surface area contributed by atoms with Gasteiger partial charge in [0.25, 0.3) is 0 Å². The fourth-order valence-electron chi connectivity index (χ4n) is 2.06. The van der Waals surface area contributed by atoms with Gasteiger partial charge in [-0.3, -0.25) is 9.89 Å². The van der Waals surface area contributed by atoms with E-state index in [2.05, 4.69) is 10.2 Å². The second-order valence-electron chi connectivity index (χ2n) is 4.18. The van der Waals surface area contributed by atoms with Crippen molar-refractivity contribution in [3.8, 4) is 11.3 Å². The summed E-state index contributed by atoms with van der Waals surface area (Å²) < 4.78 is 0. The molecule has 0 atom stereocenters. The van der Waals surface area contributed by atoms with Gasteiger partial charge in [0, 0.05) is 16.5 Å². The number of nitrogens with one attached hydrogen (secondary N) is 1. The van der Waals surface area contributed by atoms with Crippen molar-refractivity contribution < 1.29 is 4.79 Å². The summed E-state index contributed by atoms with van der Waals surface area (Å²) in [4.78, 5) is 11.2. The van der Waals surface area contributed by atoms with Crippen LogP contribution < -0.4 is 5.73 Å². The Labute approximate surface area is 114 Å². The molecular weight excluding hydrogens is 262 g/mol. The van der Waals surface area contributed by atoms with Crippen molar-refractivity contribution in [1.29, 1.82) is 0 Å². The lowest BCUT2D eigenvalue weighted by molar-refractivity contribution is 0.100. The van der Waals surface area contributed by atoms with E-state index in [1.807, 2.05) is 18.2 Å². The molecule has 94 valence electrons. The predicted molar refractivity (Wildman–Crippen MR) is 75.1 cm³/mol. The minimum absolute atomic E-state index is 0.445. The smallest absolute Gasteiger partial charge is 0.248 e. The molecule has 2 aromatic carbocycles. The summed E-state index contributed by atoms with van der Waals surface area (Å²) >= 11 is 6.20. The topological polar surface area (TPSA) is 71.8 Å². The van der Waals surface area contributed by atoms with Crippen LogP contribution in [0, 0.1) is 0 Å². The van der Waals surface area contributed by atoms with E-state index in [1.165, 1.54) is 0 Å². The molecule has 0 saturated carbocycles.